The first kappa shape index (κ1) is 25.9. The highest BCUT2D eigenvalue weighted by Gasteiger charge is 2.22. The number of carbonyl (C=O) groups is 2. The average Bonchev–Trinajstić information content (AvgIpc) is 2.91. The van der Waals surface area contributed by atoms with E-state index in [2.05, 4.69) is 20.8 Å². The van der Waals surface area contributed by atoms with Gasteiger partial charge < -0.3 is 5.32 Å². The van der Waals surface area contributed by atoms with Gasteiger partial charge in [-0.05, 0) is 42.3 Å². The Hall–Kier alpha value is -5.19. The Morgan fingerprint density at radius 2 is 1.74 bits per heavy atom. The number of hydrogen-bond donors (Lipinski definition) is 2. The van der Waals surface area contributed by atoms with Gasteiger partial charge in [0.2, 0.25) is 5.91 Å². The smallest absolute Gasteiger partial charge is 0.272 e. The number of nitro groups is 1. The summed E-state index contributed by atoms with van der Waals surface area (Å²) in [7, 11) is 0. The lowest BCUT2D eigenvalue weighted by Crippen LogP contribution is -2.48. The van der Waals surface area contributed by atoms with Crippen molar-refractivity contribution >= 4 is 34.7 Å². The van der Waals surface area contributed by atoms with E-state index in [1.165, 1.54) is 35.0 Å². The zero-order valence-corrected chi connectivity index (χ0v) is 20.4. The molecule has 0 bridgehead atoms. The normalized spacial score (nSPS) is 11.8. The number of non-ortho nitro benzene ring substituents is 1. The molecule has 1 atom stereocenters. The number of nitrogens with zero attached hydrogens (tertiary/aromatic N) is 4. The molecule has 4 rings (SSSR count). The van der Waals surface area contributed by atoms with Gasteiger partial charge >= 0.3 is 0 Å². The first-order valence-corrected chi connectivity index (χ1v) is 11.7. The van der Waals surface area contributed by atoms with Crippen LogP contribution in [0.25, 0.3) is 11.0 Å². The second-order valence-corrected chi connectivity index (χ2v) is 8.47. The van der Waals surface area contributed by atoms with Crippen molar-refractivity contribution in [1.29, 1.82) is 0 Å². The molecule has 0 aliphatic rings. The van der Waals surface area contributed by atoms with Gasteiger partial charge in [0.25, 0.3) is 17.2 Å². The van der Waals surface area contributed by atoms with E-state index < -0.39 is 28.3 Å². The molecule has 0 radical (unpaired) electrons. The Labute approximate surface area is 217 Å². The van der Waals surface area contributed by atoms with Gasteiger partial charge in [-0.2, -0.15) is 5.10 Å². The van der Waals surface area contributed by atoms with Gasteiger partial charge in [-0.15, -0.1) is 0 Å². The van der Waals surface area contributed by atoms with Crippen molar-refractivity contribution in [3.8, 4) is 0 Å². The van der Waals surface area contributed by atoms with Crippen LogP contribution in [0.1, 0.15) is 16.8 Å². The molecule has 0 unspecified atom stereocenters. The zero-order chi connectivity index (χ0) is 27.1. The van der Waals surface area contributed by atoms with E-state index in [0.29, 0.717) is 16.6 Å². The Bertz CT molecular complexity index is 1560. The van der Waals surface area contributed by atoms with Crippen LogP contribution in [0.3, 0.4) is 0 Å². The van der Waals surface area contributed by atoms with Gasteiger partial charge in [0, 0.05) is 18.6 Å². The maximum atomic E-state index is 13.0. The highest BCUT2D eigenvalue weighted by Crippen LogP contribution is 2.11. The first-order chi connectivity index (χ1) is 18.3. The Kier molecular flexibility index (Phi) is 7.97. The van der Waals surface area contributed by atoms with Crippen LogP contribution in [0.4, 0.5) is 5.69 Å². The van der Waals surface area contributed by atoms with Crippen LogP contribution in [0, 0.1) is 17.0 Å². The molecule has 0 spiro atoms. The molecule has 2 N–H and O–H groups in total. The number of carbonyl (C=O) groups excluding carboxylic acids is 2. The molecule has 4 aromatic rings. The van der Waals surface area contributed by atoms with Crippen molar-refractivity contribution in [2.75, 3.05) is 0 Å². The summed E-state index contributed by atoms with van der Waals surface area (Å²) < 4.78 is 1.33. The number of hydrogen-bond acceptors (Lipinski definition) is 7. The van der Waals surface area contributed by atoms with Gasteiger partial charge in [0.1, 0.15) is 18.3 Å². The maximum absolute atomic E-state index is 13.0. The lowest BCUT2D eigenvalue weighted by Gasteiger charge is -2.18. The molecule has 0 fully saturated rings. The number of aromatic nitrogens is 2. The summed E-state index contributed by atoms with van der Waals surface area (Å²) in [6.45, 7) is 1.28. The summed E-state index contributed by atoms with van der Waals surface area (Å²) >= 11 is 0. The number of nitrogens with one attached hydrogen (secondary N) is 2. The largest absolute Gasteiger partial charge is 0.342 e. The Balaban J connectivity index is 1.50. The summed E-state index contributed by atoms with van der Waals surface area (Å²) in [6.07, 6.45) is 1.53. The molecule has 1 aromatic heterocycles. The van der Waals surface area contributed by atoms with E-state index in [9.17, 15) is 24.5 Å². The summed E-state index contributed by atoms with van der Waals surface area (Å²) in [5.74, 6) is -1.10. The van der Waals surface area contributed by atoms with E-state index in [0.717, 1.165) is 5.56 Å². The predicted octanol–water partition coefficient (Wildman–Crippen LogP) is 2.49. The summed E-state index contributed by atoms with van der Waals surface area (Å²) in [5, 5.41) is 17.4. The van der Waals surface area contributed by atoms with Crippen LogP contribution in [0.15, 0.2) is 88.8 Å². The number of nitro benzene ring substituents is 1. The fourth-order valence-electron chi connectivity index (χ4n) is 3.85. The third kappa shape index (κ3) is 6.32. The summed E-state index contributed by atoms with van der Waals surface area (Å²) in [5.41, 5.74) is 4.66. The number of amides is 2. The van der Waals surface area contributed by atoms with Crippen molar-refractivity contribution in [3.63, 3.8) is 0 Å². The number of hydrazone groups is 1. The van der Waals surface area contributed by atoms with Gasteiger partial charge in [0.05, 0.1) is 22.2 Å². The highest BCUT2D eigenvalue weighted by atomic mass is 16.6. The van der Waals surface area contributed by atoms with Crippen molar-refractivity contribution in [2.45, 2.75) is 25.9 Å². The van der Waals surface area contributed by atoms with E-state index in [1.54, 1.807) is 31.2 Å². The van der Waals surface area contributed by atoms with E-state index in [-0.39, 0.29) is 24.3 Å². The fourth-order valence-corrected chi connectivity index (χ4v) is 3.85. The minimum absolute atomic E-state index is 0.0619. The topological polar surface area (TPSA) is 149 Å². The number of fused-ring (bicyclic) bond motifs is 1. The molecule has 0 aliphatic carbocycles. The first-order valence-electron chi connectivity index (χ1n) is 11.7. The zero-order valence-electron chi connectivity index (χ0n) is 20.4. The molecule has 11 nitrogen and oxygen atoms in total. The van der Waals surface area contributed by atoms with Crippen molar-refractivity contribution in [3.05, 3.63) is 116 Å². The molecule has 192 valence electrons. The van der Waals surface area contributed by atoms with Crippen LogP contribution in [0.2, 0.25) is 0 Å². The van der Waals surface area contributed by atoms with Crippen LogP contribution < -0.4 is 16.3 Å². The molecule has 1 heterocycles. The molecule has 0 saturated carbocycles. The van der Waals surface area contributed by atoms with Crippen molar-refractivity contribution < 1.29 is 14.5 Å². The molecular formula is C27H24N6O5. The standard InChI is InChI=1S/C27H24N6O5/c1-18-27(36)32(24-10-6-5-9-22(24)29-18)17-25(34)30-23(15-19-7-3-2-4-8-19)26(35)31-28-16-20-11-13-21(14-12-20)33(37)38/h2-14,16,23H,15,17H2,1H3,(H,30,34)(H,31,35)/b28-16+/t23-/m0/s1. The van der Waals surface area contributed by atoms with Crippen LogP contribution in [0.5, 0.6) is 0 Å². The van der Waals surface area contributed by atoms with E-state index >= 15 is 0 Å². The average molecular weight is 513 g/mol. The predicted molar refractivity (Wildman–Crippen MR) is 142 cm³/mol. The third-order valence-electron chi connectivity index (χ3n) is 5.74. The lowest BCUT2D eigenvalue weighted by atomic mass is 10.1. The summed E-state index contributed by atoms with van der Waals surface area (Å²) in [4.78, 5) is 53.4. The molecule has 38 heavy (non-hydrogen) atoms. The second kappa shape index (κ2) is 11.7. The maximum Gasteiger partial charge on any atom is 0.272 e. The van der Waals surface area contributed by atoms with Gasteiger partial charge in [-0.1, -0.05) is 42.5 Å². The lowest BCUT2D eigenvalue weighted by molar-refractivity contribution is -0.384. The Morgan fingerprint density at radius 1 is 1.05 bits per heavy atom. The molecule has 2 amide bonds. The van der Waals surface area contributed by atoms with Crippen LogP contribution in [-0.2, 0) is 22.6 Å². The second-order valence-electron chi connectivity index (χ2n) is 8.47. The minimum atomic E-state index is -0.983. The van der Waals surface area contributed by atoms with Crippen LogP contribution in [-0.4, -0.2) is 38.5 Å². The van der Waals surface area contributed by atoms with E-state index in [4.69, 9.17) is 0 Å². The molecule has 0 saturated heterocycles. The molecule has 0 aliphatic heterocycles. The van der Waals surface area contributed by atoms with Crippen molar-refractivity contribution in [1.82, 2.24) is 20.3 Å². The van der Waals surface area contributed by atoms with Gasteiger partial charge in [-0.3, -0.25) is 29.1 Å². The summed E-state index contributed by atoms with van der Waals surface area (Å²) in [6, 6.07) is 20.8. The van der Waals surface area contributed by atoms with Gasteiger partial charge in [0.15, 0.2) is 0 Å². The minimum Gasteiger partial charge on any atom is -0.342 e. The number of aryl methyl sites for hydroxylation is 1. The fraction of sp³-hybridized carbons (Fsp3) is 0.148. The van der Waals surface area contributed by atoms with Crippen molar-refractivity contribution in [2.24, 2.45) is 5.10 Å². The number of rotatable bonds is 9. The SMILES string of the molecule is Cc1nc2ccccc2n(CC(=O)N[C@@H](Cc2ccccc2)C(=O)N/N=C/c2ccc([N+](=O)[O-])cc2)c1=O. The Morgan fingerprint density at radius 3 is 2.45 bits per heavy atom. The number of para-hydroxylation sites is 2. The van der Waals surface area contributed by atoms with Crippen LogP contribution >= 0.6 is 0 Å². The number of benzene rings is 3. The van der Waals surface area contributed by atoms with Gasteiger partial charge in [-0.25, -0.2) is 10.4 Å². The monoisotopic (exact) mass is 512 g/mol. The third-order valence-corrected chi connectivity index (χ3v) is 5.74. The molecule has 3 aromatic carbocycles. The van der Waals surface area contributed by atoms with E-state index in [1.807, 2.05) is 30.3 Å². The molecule has 11 heteroatoms. The quantitative estimate of drug-likeness (QED) is 0.200. The highest BCUT2D eigenvalue weighted by molar-refractivity contribution is 5.89. The molecular weight excluding hydrogens is 488 g/mol.